The summed E-state index contributed by atoms with van der Waals surface area (Å²) in [5.74, 6) is -3.39. The average molecular weight is 429 g/mol. The Morgan fingerprint density at radius 3 is 2.40 bits per heavy atom. The molecular formula is C18H27N3O9. The number of amides is 1. The molecule has 2 atom stereocenters. The Morgan fingerprint density at radius 2 is 1.90 bits per heavy atom. The number of rotatable bonds is 11. The van der Waals surface area contributed by atoms with E-state index in [2.05, 4.69) is 15.2 Å². The molecule has 1 amide bonds. The van der Waals surface area contributed by atoms with Crippen LogP contribution in [-0.2, 0) is 23.8 Å². The van der Waals surface area contributed by atoms with Gasteiger partial charge in [-0.1, -0.05) is 27.2 Å². The summed E-state index contributed by atoms with van der Waals surface area (Å²) in [7, 11) is 2.48. The number of ketones is 1. The van der Waals surface area contributed by atoms with Gasteiger partial charge in [0.15, 0.2) is 5.54 Å². The van der Waals surface area contributed by atoms with E-state index in [1.165, 1.54) is 13.2 Å². The average Bonchev–Trinajstić information content (AvgIpc) is 3.19. The first-order valence-electron chi connectivity index (χ1n) is 9.13. The van der Waals surface area contributed by atoms with Gasteiger partial charge in [0.1, 0.15) is 6.04 Å². The number of methoxy groups -OCH3 is 2. The van der Waals surface area contributed by atoms with Crippen LogP contribution in [0, 0.1) is 5.92 Å². The van der Waals surface area contributed by atoms with Crippen molar-refractivity contribution in [3.63, 3.8) is 0 Å². The van der Waals surface area contributed by atoms with Crippen LogP contribution in [-0.4, -0.2) is 61.6 Å². The quantitative estimate of drug-likeness (QED) is 0.221. The molecule has 0 saturated carbocycles. The lowest BCUT2D eigenvalue weighted by Gasteiger charge is -2.24. The topological polar surface area (TPSA) is 169 Å². The Balaban J connectivity index is 2.79. The van der Waals surface area contributed by atoms with Gasteiger partial charge in [-0.05, 0) is 17.5 Å². The summed E-state index contributed by atoms with van der Waals surface area (Å²) in [5.41, 5.74) is 3.94. The number of esters is 2. The zero-order chi connectivity index (χ0) is 22.9. The smallest absolute Gasteiger partial charge is 0.407 e. The maximum absolute atomic E-state index is 12.7. The molecule has 1 aromatic rings. The third kappa shape index (κ3) is 6.17. The first kappa shape index (κ1) is 24.9. The molecule has 0 radical (unpaired) electrons. The molecule has 168 valence electrons. The van der Waals surface area contributed by atoms with Gasteiger partial charge in [0.05, 0.1) is 20.3 Å². The minimum atomic E-state index is -2.08. The van der Waals surface area contributed by atoms with Crippen LogP contribution in [0.15, 0.2) is 10.6 Å². The van der Waals surface area contributed by atoms with Gasteiger partial charge in [0.25, 0.3) is 5.88 Å². The number of alkyl carbamates (subject to hydrolysis) is 1. The number of carbonyl (C=O) groups excluding carboxylic acids is 4. The van der Waals surface area contributed by atoms with Crippen LogP contribution in [0.25, 0.3) is 0 Å². The highest BCUT2D eigenvalue weighted by molar-refractivity contribution is 6.15. The van der Waals surface area contributed by atoms with Crippen molar-refractivity contribution in [3.05, 3.63) is 11.8 Å². The molecule has 0 bridgehead atoms. The Hall–Kier alpha value is -3.15. The molecule has 0 fully saturated rings. The maximum Gasteiger partial charge on any atom is 0.407 e. The summed E-state index contributed by atoms with van der Waals surface area (Å²) in [6, 6.07) is 0.163. The van der Waals surface area contributed by atoms with Crippen molar-refractivity contribution in [3.8, 4) is 5.88 Å². The minimum absolute atomic E-state index is 0.0392. The molecule has 0 aliphatic rings. The van der Waals surface area contributed by atoms with Gasteiger partial charge < -0.3 is 34.5 Å². The van der Waals surface area contributed by atoms with E-state index in [0.29, 0.717) is 6.42 Å². The predicted molar refractivity (Wildman–Crippen MR) is 100 cm³/mol. The fraction of sp³-hybridized carbons (Fsp3) is 0.611. The Bertz CT molecular complexity index is 762. The molecule has 0 aromatic carbocycles. The van der Waals surface area contributed by atoms with Crippen molar-refractivity contribution < 1.29 is 42.6 Å². The summed E-state index contributed by atoms with van der Waals surface area (Å²) in [4.78, 5) is 48.7. The van der Waals surface area contributed by atoms with Crippen LogP contribution < -0.4 is 15.8 Å². The zero-order valence-electron chi connectivity index (χ0n) is 17.6. The molecule has 2 unspecified atom stereocenters. The van der Waals surface area contributed by atoms with Gasteiger partial charge in [-0.3, -0.25) is 4.79 Å². The lowest BCUT2D eigenvalue weighted by molar-refractivity contribution is -0.171. The van der Waals surface area contributed by atoms with E-state index >= 15 is 0 Å². The number of nitrogens with two attached hydrogens (primary N) is 1. The third-order valence-corrected chi connectivity index (χ3v) is 4.11. The van der Waals surface area contributed by atoms with Crippen LogP contribution in [0.4, 0.5) is 4.79 Å². The first-order chi connectivity index (χ1) is 14.1. The Morgan fingerprint density at radius 1 is 1.23 bits per heavy atom. The molecule has 0 saturated heterocycles. The zero-order valence-corrected chi connectivity index (χ0v) is 17.6. The highest BCUT2D eigenvalue weighted by Crippen LogP contribution is 2.21. The van der Waals surface area contributed by atoms with E-state index in [-0.39, 0.29) is 24.0 Å². The van der Waals surface area contributed by atoms with Gasteiger partial charge in [0, 0.05) is 0 Å². The van der Waals surface area contributed by atoms with E-state index in [9.17, 15) is 19.2 Å². The highest BCUT2D eigenvalue weighted by atomic mass is 16.7. The summed E-state index contributed by atoms with van der Waals surface area (Å²) in [5, 5.41) is 5.82. The fourth-order valence-corrected chi connectivity index (χ4v) is 2.43. The molecular weight excluding hydrogens is 402 g/mol. The minimum Gasteiger partial charge on any atom is -0.479 e. The number of aromatic nitrogens is 1. The summed E-state index contributed by atoms with van der Waals surface area (Å²) < 4.78 is 23.9. The molecule has 0 spiro atoms. The molecule has 12 heteroatoms. The molecule has 1 aromatic heterocycles. The summed E-state index contributed by atoms with van der Waals surface area (Å²) >= 11 is 0. The van der Waals surface area contributed by atoms with E-state index in [1.807, 2.05) is 0 Å². The van der Waals surface area contributed by atoms with Crippen LogP contribution in [0.3, 0.4) is 0 Å². The number of ether oxygens (including phenoxy) is 4. The normalized spacial score (nSPS) is 13.7. The number of hydrogen-bond donors (Lipinski definition) is 2. The van der Waals surface area contributed by atoms with Crippen LogP contribution in [0.5, 0.6) is 5.88 Å². The number of carbonyl (C=O) groups is 4. The van der Waals surface area contributed by atoms with Crippen molar-refractivity contribution in [2.75, 3.05) is 21.0 Å². The Labute approximate surface area is 173 Å². The van der Waals surface area contributed by atoms with Crippen LogP contribution in [0.2, 0.25) is 0 Å². The van der Waals surface area contributed by atoms with Crippen molar-refractivity contribution in [2.45, 2.75) is 45.2 Å². The van der Waals surface area contributed by atoms with Crippen molar-refractivity contribution >= 4 is 23.8 Å². The standard InChI is InChI=1S/C18H27N3O9/c1-6-7-18(19,14(22)11-8-12(26-4)21-30-11)16(24)29-9-28-15(23)13(10(2)3)20-17(25)27-5/h8,10,13H,6-7,9,19H2,1-5H3,(H,20,25). The van der Waals surface area contributed by atoms with Gasteiger partial charge in [0.2, 0.25) is 18.3 Å². The number of hydrogen-bond acceptors (Lipinski definition) is 11. The molecule has 0 aliphatic carbocycles. The second-order valence-electron chi connectivity index (χ2n) is 6.65. The largest absolute Gasteiger partial charge is 0.479 e. The molecule has 1 rings (SSSR count). The first-order valence-corrected chi connectivity index (χ1v) is 9.13. The lowest BCUT2D eigenvalue weighted by Crippen LogP contribution is -2.56. The monoisotopic (exact) mass is 429 g/mol. The van der Waals surface area contributed by atoms with Gasteiger partial charge in [-0.2, -0.15) is 0 Å². The second kappa shape index (κ2) is 11.1. The molecule has 12 nitrogen and oxygen atoms in total. The number of nitrogens with one attached hydrogen (secondary N) is 1. The number of nitrogens with zero attached hydrogens (tertiary/aromatic N) is 1. The number of Topliss-reactive ketones (excluding diaryl/α,β-unsaturated/α-hetero) is 1. The molecule has 0 aliphatic heterocycles. The molecule has 1 heterocycles. The molecule has 3 N–H and O–H groups in total. The maximum atomic E-state index is 12.7. The molecule has 30 heavy (non-hydrogen) atoms. The van der Waals surface area contributed by atoms with Gasteiger partial charge in [-0.25, -0.2) is 14.4 Å². The van der Waals surface area contributed by atoms with E-state index in [0.717, 1.165) is 7.11 Å². The van der Waals surface area contributed by atoms with Gasteiger partial charge >= 0.3 is 18.0 Å². The SMILES string of the molecule is CCCC(N)(C(=O)OCOC(=O)C(NC(=O)OC)C(C)C)C(=O)c1cc(OC)no1. The second-order valence-corrected chi connectivity index (χ2v) is 6.65. The van der Waals surface area contributed by atoms with Crippen LogP contribution in [0.1, 0.15) is 44.2 Å². The van der Waals surface area contributed by atoms with Crippen molar-refractivity contribution in [1.29, 1.82) is 0 Å². The summed E-state index contributed by atoms with van der Waals surface area (Å²) in [6.45, 7) is 4.25. The van der Waals surface area contributed by atoms with E-state index in [4.69, 9.17) is 24.5 Å². The summed E-state index contributed by atoms with van der Waals surface area (Å²) in [6.07, 6.45) is -0.499. The van der Waals surface area contributed by atoms with Crippen molar-refractivity contribution in [1.82, 2.24) is 10.5 Å². The predicted octanol–water partition coefficient (Wildman–Crippen LogP) is 0.788. The lowest BCUT2D eigenvalue weighted by atomic mass is 9.88. The Kier molecular flexibility index (Phi) is 9.24. The fourth-order valence-electron chi connectivity index (χ4n) is 2.43. The van der Waals surface area contributed by atoms with E-state index < -0.39 is 42.2 Å². The van der Waals surface area contributed by atoms with E-state index in [1.54, 1.807) is 20.8 Å². The van der Waals surface area contributed by atoms with Gasteiger partial charge in [-0.15, -0.1) is 0 Å². The highest BCUT2D eigenvalue weighted by Gasteiger charge is 2.45. The third-order valence-electron chi connectivity index (χ3n) is 4.11. The van der Waals surface area contributed by atoms with Crippen LogP contribution >= 0.6 is 0 Å². The van der Waals surface area contributed by atoms with Crippen molar-refractivity contribution in [2.24, 2.45) is 11.7 Å².